The third kappa shape index (κ3) is 3.32. The molecular weight excluding hydrogens is 324 g/mol. The van der Waals surface area contributed by atoms with E-state index in [-0.39, 0.29) is 5.91 Å². The topological polar surface area (TPSA) is 61.4 Å². The number of amides is 1. The zero-order valence-electron chi connectivity index (χ0n) is 14.0. The summed E-state index contributed by atoms with van der Waals surface area (Å²) >= 11 is 1.50. The number of carbonyl (C=O) groups is 1. The molecule has 3 aromatic rings. The molecule has 1 aromatic carbocycles. The van der Waals surface area contributed by atoms with Crippen LogP contribution in [0.15, 0.2) is 35.5 Å². The van der Waals surface area contributed by atoms with Gasteiger partial charge in [0.2, 0.25) is 0 Å². The summed E-state index contributed by atoms with van der Waals surface area (Å²) in [5.41, 5.74) is 2.28. The van der Waals surface area contributed by atoms with E-state index in [0.717, 1.165) is 15.8 Å². The summed E-state index contributed by atoms with van der Waals surface area (Å²) in [4.78, 5) is 17.5. The molecule has 7 heteroatoms. The molecule has 1 amide bonds. The molecule has 0 bridgehead atoms. The van der Waals surface area contributed by atoms with Gasteiger partial charge in [0.05, 0.1) is 16.8 Å². The van der Waals surface area contributed by atoms with Crippen LogP contribution >= 0.6 is 11.3 Å². The second kappa shape index (κ2) is 7.11. The van der Waals surface area contributed by atoms with Crippen molar-refractivity contribution in [1.82, 2.24) is 14.3 Å². The summed E-state index contributed by atoms with van der Waals surface area (Å²) in [5.74, 6) is -0.315. The van der Waals surface area contributed by atoms with E-state index in [1.54, 1.807) is 11.7 Å². The van der Waals surface area contributed by atoms with Crippen molar-refractivity contribution in [3.05, 3.63) is 46.5 Å². The smallest absolute Gasteiger partial charge is 0.300 e. The van der Waals surface area contributed by atoms with Crippen LogP contribution in [-0.2, 0) is 18.3 Å². The number of aryl methyl sites for hydroxylation is 2. The SMILES string of the molecule is CCOCCn1c(=NC(=O)c2nn(C)cc2C)sc2ccccc21. The minimum absolute atomic E-state index is 0.315. The molecule has 0 atom stereocenters. The molecule has 0 aliphatic rings. The maximum Gasteiger partial charge on any atom is 0.300 e. The van der Waals surface area contributed by atoms with Crippen molar-refractivity contribution in [2.75, 3.05) is 13.2 Å². The molecule has 6 nitrogen and oxygen atoms in total. The average molecular weight is 344 g/mol. The van der Waals surface area contributed by atoms with Crippen LogP contribution in [0.1, 0.15) is 23.0 Å². The van der Waals surface area contributed by atoms with Gasteiger partial charge in [-0.05, 0) is 26.0 Å². The Labute approximate surface area is 144 Å². The lowest BCUT2D eigenvalue weighted by atomic mass is 10.3. The molecule has 0 aliphatic carbocycles. The number of thiazole rings is 1. The van der Waals surface area contributed by atoms with Crippen LogP contribution in [0.25, 0.3) is 10.2 Å². The number of ether oxygens (including phenoxy) is 1. The molecule has 0 radical (unpaired) electrons. The first kappa shape index (κ1) is 16.6. The van der Waals surface area contributed by atoms with Crippen molar-refractivity contribution in [2.24, 2.45) is 12.0 Å². The summed E-state index contributed by atoms with van der Waals surface area (Å²) in [5, 5.41) is 4.21. The van der Waals surface area contributed by atoms with Crippen LogP contribution in [-0.4, -0.2) is 33.5 Å². The molecule has 126 valence electrons. The van der Waals surface area contributed by atoms with Crippen molar-refractivity contribution >= 4 is 27.5 Å². The highest BCUT2D eigenvalue weighted by Crippen LogP contribution is 2.17. The number of nitrogens with zero attached hydrogens (tertiary/aromatic N) is 4. The first-order valence-electron chi connectivity index (χ1n) is 7.85. The largest absolute Gasteiger partial charge is 0.380 e. The van der Waals surface area contributed by atoms with Gasteiger partial charge in [-0.3, -0.25) is 9.48 Å². The average Bonchev–Trinajstić information content (AvgIpc) is 3.07. The number of hydrogen-bond acceptors (Lipinski definition) is 4. The Kier molecular flexibility index (Phi) is 4.92. The Balaban J connectivity index is 2.05. The fourth-order valence-electron chi connectivity index (χ4n) is 2.58. The van der Waals surface area contributed by atoms with Crippen molar-refractivity contribution < 1.29 is 9.53 Å². The van der Waals surface area contributed by atoms with E-state index in [1.165, 1.54) is 11.3 Å². The molecule has 0 N–H and O–H groups in total. The second-order valence-corrected chi connectivity index (χ2v) is 6.46. The zero-order valence-corrected chi connectivity index (χ0v) is 14.8. The molecule has 3 rings (SSSR count). The Hall–Kier alpha value is -2.25. The molecule has 2 heterocycles. The summed E-state index contributed by atoms with van der Waals surface area (Å²) in [7, 11) is 1.80. The van der Waals surface area contributed by atoms with Crippen molar-refractivity contribution in [3.8, 4) is 0 Å². The predicted octanol–water partition coefficient (Wildman–Crippen LogP) is 2.52. The predicted molar refractivity (Wildman–Crippen MR) is 94.1 cm³/mol. The van der Waals surface area contributed by atoms with E-state index in [4.69, 9.17) is 4.74 Å². The Bertz CT molecular complexity index is 936. The third-order valence-electron chi connectivity index (χ3n) is 3.66. The van der Waals surface area contributed by atoms with Crippen LogP contribution in [0, 0.1) is 6.92 Å². The fraction of sp³-hybridized carbons (Fsp3) is 0.353. The van der Waals surface area contributed by atoms with Crippen LogP contribution in [0.4, 0.5) is 0 Å². The first-order valence-corrected chi connectivity index (χ1v) is 8.67. The monoisotopic (exact) mass is 344 g/mol. The minimum Gasteiger partial charge on any atom is -0.380 e. The van der Waals surface area contributed by atoms with Gasteiger partial charge in [-0.2, -0.15) is 10.1 Å². The molecule has 0 saturated heterocycles. The third-order valence-corrected chi connectivity index (χ3v) is 4.72. The van der Waals surface area contributed by atoms with Crippen LogP contribution < -0.4 is 4.80 Å². The number of hydrogen-bond donors (Lipinski definition) is 0. The van der Waals surface area contributed by atoms with Gasteiger partial charge in [0.25, 0.3) is 5.91 Å². The van der Waals surface area contributed by atoms with Gasteiger partial charge in [0, 0.05) is 32.0 Å². The van der Waals surface area contributed by atoms with E-state index >= 15 is 0 Å². The molecule has 0 fully saturated rings. The maximum atomic E-state index is 12.5. The van der Waals surface area contributed by atoms with Crippen molar-refractivity contribution in [2.45, 2.75) is 20.4 Å². The normalized spacial score (nSPS) is 12.2. The standard InChI is InChI=1S/C17H20N4O2S/c1-4-23-10-9-21-13-7-5-6-8-14(13)24-17(21)18-16(22)15-12(2)11-20(3)19-15/h5-8,11H,4,9-10H2,1-3H3. The molecular formula is C17H20N4O2S. The van der Waals surface area contributed by atoms with Crippen LogP contribution in [0.3, 0.4) is 0 Å². The number of benzene rings is 1. The summed E-state index contributed by atoms with van der Waals surface area (Å²) < 4.78 is 10.2. The van der Waals surface area contributed by atoms with Gasteiger partial charge in [0.15, 0.2) is 10.5 Å². The number of carbonyl (C=O) groups excluding carboxylic acids is 1. The second-order valence-electron chi connectivity index (χ2n) is 5.45. The van der Waals surface area contributed by atoms with Gasteiger partial charge in [-0.15, -0.1) is 0 Å². The van der Waals surface area contributed by atoms with Gasteiger partial charge in [-0.25, -0.2) is 0 Å². The molecule has 0 saturated carbocycles. The Morgan fingerprint density at radius 3 is 2.88 bits per heavy atom. The van der Waals surface area contributed by atoms with E-state index in [9.17, 15) is 4.79 Å². The van der Waals surface area contributed by atoms with Gasteiger partial charge in [0.1, 0.15) is 0 Å². The van der Waals surface area contributed by atoms with E-state index in [2.05, 4.69) is 10.1 Å². The highest BCUT2D eigenvalue weighted by molar-refractivity contribution is 7.16. The lowest BCUT2D eigenvalue weighted by Gasteiger charge is -2.05. The van der Waals surface area contributed by atoms with E-state index < -0.39 is 0 Å². The number of rotatable bonds is 5. The quantitative estimate of drug-likeness (QED) is 0.668. The van der Waals surface area contributed by atoms with E-state index in [0.29, 0.717) is 30.3 Å². The highest BCUT2D eigenvalue weighted by Gasteiger charge is 2.14. The number of fused-ring (bicyclic) bond motifs is 1. The fourth-order valence-corrected chi connectivity index (χ4v) is 3.64. The molecule has 24 heavy (non-hydrogen) atoms. The number of para-hydroxylation sites is 1. The van der Waals surface area contributed by atoms with Crippen molar-refractivity contribution in [1.29, 1.82) is 0 Å². The molecule has 0 unspecified atom stereocenters. The first-order chi connectivity index (χ1) is 11.6. The zero-order chi connectivity index (χ0) is 17.1. The molecule has 2 aromatic heterocycles. The maximum absolute atomic E-state index is 12.5. The Morgan fingerprint density at radius 2 is 2.17 bits per heavy atom. The Morgan fingerprint density at radius 1 is 1.38 bits per heavy atom. The van der Waals surface area contributed by atoms with Gasteiger partial charge in [-0.1, -0.05) is 23.5 Å². The van der Waals surface area contributed by atoms with Gasteiger partial charge >= 0.3 is 0 Å². The van der Waals surface area contributed by atoms with E-state index in [1.807, 2.05) is 48.9 Å². The van der Waals surface area contributed by atoms with Gasteiger partial charge < -0.3 is 9.30 Å². The lowest BCUT2D eigenvalue weighted by Crippen LogP contribution is -2.20. The molecule has 0 spiro atoms. The lowest BCUT2D eigenvalue weighted by molar-refractivity contribution is 0.0990. The minimum atomic E-state index is -0.315. The highest BCUT2D eigenvalue weighted by atomic mass is 32.1. The summed E-state index contributed by atoms with van der Waals surface area (Å²) in [6, 6.07) is 8.04. The van der Waals surface area contributed by atoms with Crippen molar-refractivity contribution in [3.63, 3.8) is 0 Å². The number of aromatic nitrogens is 3. The van der Waals surface area contributed by atoms with Crippen LogP contribution in [0.2, 0.25) is 0 Å². The van der Waals surface area contributed by atoms with Crippen LogP contribution in [0.5, 0.6) is 0 Å². The summed E-state index contributed by atoms with van der Waals surface area (Å²) in [6.45, 7) is 5.74. The summed E-state index contributed by atoms with van der Waals surface area (Å²) in [6.07, 6.45) is 1.82. The molecule has 0 aliphatic heterocycles.